The zero-order valence-electron chi connectivity index (χ0n) is 15.9. The average Bonchev–Trinajstić information content (AvgIpc) is 2.98. The van der Waals surface area contributed by atoms with Crippen LogP contribution in [-0.4, -0.2) is 26.2 Å². The van der Waals surface area contributed by atoms with E-state index in [1.54, 1.807) is 31.2 Å². The first-order valence-corrected chi connectivity index (χ1v) is 9.74. The molecule has 0 bridgehead atoms. The molecule has 0 saturated heterocycles. The number of aromatic amines is 1. The van der Waals surface area contributed by atoms with E-state index in [0.29, 0.717) is 21.0 Å². The van der Waals surface area contributed by atoms with Crippen LogP contribution in [-0.2, 0) is 4.74 Å². The number of thiophene rings is 1. The van der Waals surface area contributed by atoms with Gasteiger partial charge < -0.3 is 19.9 Å². The van der Waals surface area contributed by atoms with Gasteiger partial charge >= 0.3 is 5.97 Å². The molecule has 4 aromatic rings. The molecule has 0 aliphatic heterocycles. The average molecular weight is 410 g/mol. The minimum absolute atomic E-state index is 0.143. The molecule has 4 rings (SSSR count). The Hall–Kier alpha value is -3.39. The number of hydrogen-bond acceptors (Lipinski definition) is 7. The summed E-state index contributed by atoms with van der Waals surface area (Å²) in [5, 5.41) is 21.9. The van der Waals surface area contributed by atoms with Crippen molar-refractivity contribution in [1.29, 1.82) is 0 Å². The van der Waals surface area contributed by atoms with Crippen LogP contribution in [0.5, 0.6) is 11.5 Å². The molecular formula is C21H18N2O5S. The lowest BCUT2D eigenvalue weighted by molar-refractivity contribution is 0.0317. The van der Waals surface area contributed by atoms with Gasteiger partial charge in [-0.3, -0.25) is 4.79 Å². The van der Waals surface area contributed by atoms with Crippen LogP contribution in [0.3, 0.4) is 0 Å². The Labute approximate surface area is 169 Å². The number of aromatic hydroxyl groups is 2. The Morgan fingerprint density at radius 3 is 2.62 bits per heavy atom. The van der Waals surface area contributed by atoms with E-state index in [2.05, 4.69) is 9.97 Å². The summed E-state index contributed by atoms with van der Waals surface area (Å²) < 4.78 is 5.41. The first-order chi connectivity index (χ1) is 13.8. The molecule has 0 radical (unpaired) electrons. The molecular weight excluding hydrogens is 392 g/mol. The lowest BCUT2D eigenvalue weighted by atomic mass is 10.0. The summed E-state index contributed by atoms with van der Waals surface area (Å²) in [6.07, 6.45) is -0.865. The molecule has 0 spiro atoms. The number of benzene rings is 2. The van der Waals surface area contributed by atoms with Gasteiger partial charge in [0, 0.05) is 15.6 Å². The maximum absolute atomic E-state index is 12.6. The number of carbonyl (C=O) groups is 1. The molecule has 2 aromatic heterocycles. The van der Waals surface area contributed by atoms with E-state index in [0.717, 1.165) is 16.5 Å². The van der Waals surface area contributed by atoms with E-state index in [1.807, 2.05) is 13.8 Å². The van der Waals surface area contributed by atoms with Gasteiger partial charge in [-0.05, 0) is 32.4 Å². The van der Waals surface area contributed by atoms with Gasteiger partial charge in [-0.15, -0.1) is 11.3 Å². The van der Waals surface area contributed by atoms with E-state index in [-0.39, 0.29) is 28.4 Å². The third-order valence-electron chi connectivity index (χ3n) is 4.94. The number of rotatable bonds is 3. The van der Waals surface area contributed by atoms with Gasteiger partial charge in [-0.25, -0.2) is 9.78 Å². The van der Waals surface area contributed by atoms with Crippen LogP contribution in [0, 0.1) is 13.8 Å². The minimum atomic E-state index is -0.865. The largest absolute Gasteiger partial charge is 0.507 e. The summed E-state index contributed by atoms with van der Waals surface area (Å²) in [5.74, 6) is -1.05. The molecule has 2 aromatic carbocycles. The SMILES string of the molecule is Cc1sc2nc([C@H](C)OC(=O)c3cc(O)c4ccccc4c3O)[nH]c(=O)c2c1C. The van der Waals surface area contributed by atoms with Crippen LogP contribution in [0.4, 0.5) is 0 Å². The molecule has 0 aliphatic rings. The molecule has 7 nitrogen and oxygen atoms in total. The molecule has 0 aliphatic carbocycles. The van der Waals surface area contributed by atoms with Gasteiger partial charge in [0.15, 0.2) is 11.9 Å². The van der Waals surface area contributed by atoms with Crippen LogP contribution < -0.4 is 5.56 Å². The quantitative estimate of drug-likeness (QED) is 0.346. The summed E-state index contributed by atoms with van der Waals surface area (Å²) in [7, 11) is 0. The van der Waals surface area contributed by atoms with Crippen molar-refractivity contribution in [2.24, 2.45) is 0 Å². The maximum atomic E-state index is 12.6. The Morgan fingerprint density at radius 1 is 1.21 bits per heavy atom. The van der Waals surface area contributed by atoms with Crippen molar-refractivity contribution in [3.8, 4) is 11.5 Å². The number of ether oxygens (including phenoxy) is 1. The smallest absolute Gasteiger partial charge is 0.342 e. The summed E-state index contributed by atoms with van der Waals surface area (Å²) in [5.41, 5.74) is 0.423. The fourth-order valence-corrected chi connectivity index (χ4v) is 4.28. The number of esters is 1. The van der Waals surface area contributed by atoms with E-state index in [9.17, 15) is 19.8 Å². The van der Waals surface area contributed by atoms with Crippen molar-refractivity contribution < 1.29 is 19.7 Å². The van der Waals surface area contributed by atoms with E-state index < -0.39 is 12.1 Å². The molecule has 2 heterocycles. The number of aromatic nitrogens is 2. The number of carbonyl (C=O) groups excluding carboxylic acids is 1. The Balaban J connectivity index is 1.69. The number of nitrogens with zero attached hydrogens (tertiary/aromatic N) is 1. The number of H-pyrrole nitrogens is 1. The van der Waals surface area contributed by atoms with Gasteiger partial charge in [-0.2, -0.15) is 0 Å². The monoisotopic (exact) mass is 410 g/mol. The van der Waals surface area contributed by atoms with Gasteiger partial charge in [0.05, 0.1) is 5.39 Å². The lowest BCUT2D eigenvalue weighted by Gasteiger charge is -2.14. The van der Waals surface area contributed by atoms with Crippen molar-refractivity contribution in [2.45, 2.75) is 26.9 Å². The first kappa shape index (κ1) is 18.9. The van der Waals surface area contributed by atoms with Crippen molar-refractivity contribution in [2.75, 3.05) is 0 Å². The molecule has 0 unspecified atom stereocenters. The van der Waals surface area contributed by atoms with E-state index in [1.165, 1.54) is 11.3 Å². The second-order valence-electron chi connectivity index (χ2n) is 6.80. The van der Waals surface area contributed by atoms with Crippen molar-refractivity contribution in [1.82, 2.24) is 9.97 Å². The summed E-state index contributed by atoms with van der Waals surface area (Å²) in [6.45, 7) is 5.36. The highest BCUT2D eigenvalue weighted by atomic mass is 32.1. The van der Waals surface area contributed by atoms with Gasteiger partial charge in [0.1, 0.15) is 21.9 Å². The molecule has 3 N–H and O–H groups in total. The second-order valence-corrected chi connectivity index (χ2v) is 8.00. The summed E-state index contributed by atoms with van der Waals surface area (Å²) >= 11 is 1.40. The van der Waals surface area contributed by atoms with Gasteiger partial charge in [-0.1, -0.05) is 24.3 Å². The molecule has 8 heteroatoms. The van der Waals surface area contributed by atoms with Gasteiger partial charge in [0.2, 0.25) is 0 Å². The third-order valence-corrected chi connectivity index (χ3v) is 6.04. The zero-order chi connectivity index (χ0) is 20.9. The minimum Gasteiger partial charge on any atom is -0.507 e. The van der Waals surface area contributed by atoms with Crippen LogP contribution in [0.25, 0.3) is 21.0 Å². The first-order valence-electron chi connectivity index (χ1n) is 8.92. The Morgan fingerprint density at radius 2 is 1.90 bits per heavy atom. The van der Waals surface area contributed by atoms with Crippen LogP contribution in [0.1, 0.15) is 39.7 Å². The zero-order valence-corrected chi connectivity index (χ0v) is 16.8. The van der Waals surface area contributed by atoms with Crippen molar-refractivity contribution in [3.63, 3.8) is 0 Å². The highest BCUT2D eigenvalue weighted by Crippen LogP contribution is 2.36. The predicted molar refractivity (Wildman–Crippen MR) is 111 cm³/mol. The fourth-order valence-electron chi connectivity index (χ4n) is 3.24. The number of hydrogen-bond donors (Lipinski definition) is 3. The van der Waals surface area contributed by atoms with Crippen LogP contribution in [0.15, 0.2) is 35.1 Å². The normalized spacial score (nSPS) is 12.4. The standard InChI is InChI=1S/C21H18N2O5S/c1-9-11(3)29-20-16(9)19(26)22-18(23-20)10(2)28-21(27)14-8-15(24)12-6-4-5-7-13(12)17(14)25/h4-8,10,24-25H,1-3H3,(H,22,23,26)/t10-/m0/s1. The highest BCUT2D eigenvalue weighted by Gasteiger charge is 2.23. The fraction of sp³-hybridized carbons (Fsp3) is 0.190. The molecule has 29 heavy (non-hydrogen) atoms. The van der Waals surface area contributed by atoms with Crippen molar-refractivity contribution >= 4 is 38.3 Å². The number of phenolic OH excluding ortho intramolecular Hbond substituents is 2. The Bertz CT molecular complexity index is 1340. The number of fused-ring (bicyclic) bond motifs is 2. The molecule has 1 atom stereocenters. The Kier molecular flexibility index (Phi) is 4.50. The van der Waals surface area contributed by atoms with Crippen molar-refractivity contribution in [3.05, 3.63) is 62.5 Å². The third kappa shape index (κ3) is 3.11. The molecule has 0 amide bonds. The molecule has 148 valence electrons. The molecule has 0 saturated carbocycles. The summed E-state index contributed by atoms with van der Waals surface area (Å²) in [6, 6.07) is 7.80. The summed E-state index contributed by atoms with van der Waals surface area (Å²) in [4.78, 5) is 33.7. The van der Waals surface area contributed by atoms with E-state index >= 15 is 0 Å². The van der Waals surface area contributed by atoms with Crippen LogP contribution >= 0.6 is 11.3 Å². The second kappa shape index (κ2) is 6.89. The molecule has 0 fully saturated rings. The van der Waals surface area contributed by atoms with E-state index in [4.69, 9.17) is 4.74 Å². The number of aryl methyl sites for hydroxylation is 2. The number of phenols is 2. The number of nitrogens with one attached hydrogen (secondary N) is 1. The van der Waals surface area contributed by atoms with Gasteiger partial charge in [0.25, 0.3) is 5.56 Å². The maximum Gasteiger partial charge on any atom is 0.342 e. The lowest BCUT2D eigenvalue weighted by Crippen LogP contribution is -2.17. The predicted octanol–water partition coefficient (Wildman–Crippen LogP) is 4.08. The van der Waals surface area contributed by atoms with Crippen LogP contribution in [0.2, 0.25) is 0 Å². The topological polar surface area (TPSA) is 113 Å². The highest BCUT2D eigenvalue weighted by molar-refractivity contribution is 7.18.